The van der Waals surface area contributed by atoms with E-state index in [0.717, 1.165) is 23.1 Å². The molecule has 1 aliphatic heterocycles. The van der Waals surface area contributed by atoms with E-state index in [2.05, 4.69) is 5.32 Å². The van der Waals surface area contributed by atoms with E-state index in [1.54, 1.807) is 20.8 Å². The third-order valence-electron chi connectivity index (χ3n) is 5.33. The van der Waals surface area contributed by atoms with Crippen LogP contribution in [0.3, 0.4) is 0 Å². The smallest absolute Gasteiger partial charge is 0.850 e. The molecule has 0 saturated carbocycles. The van der Waals surface area contributed by atoms with Crippen LogP contribution >= 0.6 is 0 Å². The zero-order valence-electron chi connectivity index (χ0n) is 20.9. The van der Waals surface area contributed by atoms with Crippen LogP contribution in [0.1, 0.15) is 62.8 Å². The third kappa shape index (κ3) is 7.42. The molecule has 0 fully saturated rings. The van der Waals surface area contributed by atoms with Gasteiger partial charge in [0.1, 0.15) is 5.82 Å². The molecule has 190 valence electrons. The van der Waals surface area contributed by atoms with Gasteiger partial charge in [-0.3, -0.25) is 9.69 Å². The summed E-state index contributed by atoms with van der Waals surface area (Å²) in [6.07, 6.45) is -3.72. The number of hydrogen-bond acceptors (Lipinski definition) is 4. The number of carbonyl (C=O) groups excluding carboxylic acids is 2. The maximum atomic E-state index is 14.7. The third-order valence-corrected chi connectivity index (χ3v) is 5.33. The van der Waals surface area contributed by atoms with Gasteiger partial charge in [-0.15, -0.1) is 5.60 Å². The Morgan fingerprint density at radius 2 is 1.73 bits per heavy atom. The first kappa shape index (κ1) is 30.5. The molecule has 0 aromatic heterocycles. The van der Waals surface area contributed by atoms with Crippen molar-refractivity contribution in [3.05, 3.63) is 76.2 Å². The van der Waals surface area contributed by atoms with Crippen molar-refractivity contribution in [1.29, 1.82) is 5.26 Å². The number of nitrogens with zero attached hydrogens (tertiary/aromatic N) is 2. The van der Waals surface area contributed by atoms with Gasteiger partial charge in [0.2, 0.25) is 0 Å². The minimum absolute atomic E-state index is 0. The summed E-state index contributed by atoms with van der Waals surface area (Å²) in [6, 6.07) is 7.92. The molecule has 4 rings (SSSR count). The molecule has 1 atom stereocenters. The standard InChI is InChI=1S/C22H15F4N3O2.C4H9O.Na/c23-16-9-12(11-27)7-8-15(16)20-19-17(5-2-6-18(19)30)29(21(31)28-20)14-4-1-3-13(10-14)22(24,25)26;1-4(2,3)5;/h1,3-4,7-10,20H,2,5-6H2,(H,28,31);1-3H3;/q;-1;+1. The fourth-order valence-corrected chi connectivity index (χ4v) is 3.95. The van der Waals surface area contributed by atoms with Crippen molar-refractivity contribution in [3.63, 3.8) is 0 Å². The van der Waals surface area contributed by atoms with E-state index in [-0.39, 0.29) is 76.3 Å². The number of anilines is 1. The first-order valence-corrected chi connectivity index (χ1v) is 11.1. The van der Waals surface area contributed by atoms with Gasteiger partial charge >= 0.3 is 41.8 Å². The van der Waals surface area contributed by atoms with Crippen molar-refractivity contribution in [1.82, 2.24) is 5.32 Å². The number of hydrogen-bond donors (Lipinski definition) is 1. The van der Waals surface area contributed by atoms with Gasteiger partial charge in [0.05, 0.1) is 28.9 Å². The minimum Gasteiger partial charge on any atom is -0.850 e. The first-order chi connectivity index (χ1) is 16.7. The van der Waals surface area contributed by atoms with E-state index < -0.39 is 35.2 Å². The van der Waals surface area contributed by atoms with Gasteiger partial charge in [-0.2, -0.15) is 18.4 Å². The Hall–Kier alpha value is -2.71. The van der Waals surface area contributed by atoms with E-state index in [1.807, 2.05) is 6.07 Å². The molecule has 1 aliphatic carbocycles. The summed E-state index contributed by atoms with van der Waals surface area (Å²) in [5, 5.41) is 21.6. The summed E-state index contributed by atoms with van der Waals surface area (Å²) in [5.74, 6) is -1.07. The molecule has 1 heterocycles. The Morgan fingerprint density at radius 1 is 1.08 bits per heavy atom. The van der Waals surface area contributed by atoms with Crippen LogP contribution < -0.4 is 44.9 Å². The Morgan fingerprint density at radius 3 is 2.30 bits per heavy atom. The number of rotatable bonds is 2. The van der Waals surface area contributed by atoms with Gasteiger partial charge in [0, 0.05) is 23.3 Å². The molecule has 0 bridgehead atoms. The molecule has 6 nitrogen and oxygen atoms in total. The SMILES string of the molecule is CC(C)(C)[O-].N#Cc1ccc(C2NC(=O)N(c3cccc(C(F)(F)F)c3)C3=C2C(=O)CCC3)c(F)c1.[Na+]. The zero-order valence-corrected chi connectivity index (χ0v) is 22.9. The number of alkyl halides is 3. The van der Waals surface area contributed by atoms with Crippen LogP contribution in [0.5, 0.6) is 0 Å². The van der Waals surface area contributed by atoms with Gasteiger partial charge in [-0.25, -0.2) is 9.18 Å². The van der Waals surface area contributed by atoms with E-state index in [1.165, 1.54) is 24.3 Å². The number of amides is 2. The molecule has 2 aromatic rings. The topological polar surface area (TPSA) is 96.3 Å². The number of allylic oxidation sites excluding steroid dienone is 1. The maximum absolute atomic E-state index is 14.7. The van der Waals surface area contributed by atoms with Crippen LogP contribution in [0, 0.1) is 17.1 Å². The second-order valence-electron chi connectivity index (χ2n) is 9.36. The van der Waals surface area contributed by atoms with Gasteiger partial charge < -0.3 is 10.4 Å². The Bertz CT molecular complexity index is 1260. The van der Waals surface area contributed by atoms with Crippen molar-refractivity contribution in [3.8, 4) is 6.07 Å². The number of nitriles is 1. The van der Waals surface area contributed by atoms with Gasteiger partial charge in [-0.05, 0) is 43.2 Å². The Labute approximate surface area is 234 Å². The summed E-state index contributed by atoms with van der Waals surface area (Å²) in [4.78, 5) is 26.8. The number of halogens is 4. The molecule has 1 N–H and O–H groups in total. The van der Waals surface area contributed by atoms with E-state index in [4.69, 9.17) is 5.26 Å². The molecular weight excluding hydrogens is 501 g/mol. The van der Waals surface area contributed by atoms with E-state index in [0.29, 0.717) is 6.42 Å². The molecule has 0 radical (unpaired) electrons. The van der Waals surface area contributed by atoms with Crippen molar-refractivity contribution >= 4 is 17.5 Å². The van der Waals surface area contributed by atoms with E-state index >= 15 is 0 Å². The molecule has 0 spiro atoms. The quantitative estimate of drug-likeness (QED) is 0.480. The predicted octanol–water partition coefficient (Wildman–Crippen LogP) is 2.14. The van der Waals surface area contributed by atoms with Gasteiger partial charge in [-0.1, -0.05) is 32.9 Å². The summed E-state index contributed by atoms with van der Waals surface area (Å²) >= 11 is 0. The summed E-state index contributed by atoms with van der Waals surface area (Å²) in [6.45, 7) is 4.90. The van der Waals surface area contributed by atoms with Crippen LogP contribution in [0.2, 0.25) is 0 Å². The Balaban J connectivity index is 0.000000734. The van der Waals surface area contributed by atoms with Crippen LogP contribution in [0.4, 0.5) is 28.0 Å². The van der Waals surface area contributed by atoms with Crippen molar-refractivity contribution in [2.45, 2.75) is 57.9 Å². The molecule has 1 unspecified atom stereocenters. The molecular formula is C26H24F4N3NaO3. The second-order valence-corrected chi connectivity index (χ2v) is 9.36. The number of benzene rings is 2. The number of nitrogens with one attached hydrogen (secondary N) is 1. The zero-order chi connectivity index (χ0) is 26.8. The van der Waals surface area contributed by atoms with E-state index in [9.17, 15) is 32.3 Å². The summed E-state index contributed by atoms with van der Waals surface area (Å²) in [7, 11) is 0. The predicted molar refractivity (Wildman–Crippen MR) is 122 cm³/mol. The second kappa shape index (κ2) is 11.8. The first-order valence-electron chi connectivity index (χ1n) is 11.1. The fraction of sp³-hybridized carbons (Fsp3) is 0.346. The molecule has 2 aliphatic rings. The number of carbonyl (C=O) groups is 2. The molecule has 37 heavy (non-hydrogen) atoms. The fourth-order valence-electron chi connectivity index (χ4n) is 3.95. The molecule has 2 aromatic carbocycles. The maximum Gasteiger partial charge on any atom is 1.00 e. The van der Waals surface area contributed by atoms with Crippen LogP contribution in [-0.4, -0.2) is 17.4 Å². The van der Waals surface area contributed by atoms with Gasteiger partial charge in [0.15, 0.2) is 5.78 Å². The summed E-state index contributed by atoms with van der Waals surface area (Å²) in [5.41, 5.74) is -1.22. The monoisotopic (exact) mass is 525 g/mol. The van der Waals surface area contributed by atoms with Crippen molar-refractivity contribution in [2.24, 2.45) is 0 Å². The molecule has 2 amide bonds. The van der Waals surface area contributed by atoms with Crippen LogP contribution in [-0.2, 0) is 11.0 Å². The number of ketones is 1. The Kier molecular flexibility index (Phi) is 9.71. The number of Topliss-reactive ketones (excluding diaryl/α,β-unsaturated/α-hetero) is 1. The van der Waals surface area contributed by atoms with Crippen LogP contribution in [0.25, 0.3) is 0 Å². The van der Waals surface area contributed by atoms with Crippen molar-refractivity contribution < 1.29 is 61.8 Å². The normalized spacial score (nSPS) is 17.6. The molecule has 11 heteroatoms. The average molecular weight is 525 g/mol. The molecule has 0 saturated heterocycles. The minimum atomic E-state index is -4.60. The van der Waals surface area contributed by atoms with Crippen molar-refractivity contribution in [2.75, 3.05) is 4.90 Å². The largest absolute Gasteiger partial charge is 1.00 e. The van der Waals surface area contributed by atoms with Crippen LogP contribution in [0.15, 0.2) is 53.7 Å². The van der Waals surface area contributed by atoms with Gasteiger partial charge in [0.25, 0.3) is 0 Å². The average Bonchev–Trinajstić information content (AvgIpc) is 2.77. The summed E-state index contributed by atoms with van der Waals surface area (Å²) < 4.78 is 54.2. The number of urea groups is 1.